The van der Waals surface area contributed by atoms with E-state index in [0.29, 0.717) is 29.4 Å². The molecule has 2 aromatic carbocycles. The van der Waals surface area contributed by atoms with Crippen LogP contribution in [0.15, 0.2) is 72.9 Å². The third-order valence-corrected chi connectivity index (χ3v) is 4.96. The van der Waals surface area contributed by atoms with Crippen molar-refractivity contribution in [2.24, 2.45) is 0 Å². The van der Waals surface area contributed by atoms with Crippen LogP contribution in [0.3, 0.4) is 0 Å². The molecule has 0 unspecified atom stereocenters. The molecule has 0 aliphatic rings. The predicted molar refractivity (Wildman–Crippen MR) is 124 cm³/mol. The van der Waals surface area contributed by atoms with Gasteiger partial charge in [0.15, 0.2) is 0 Å². The van der Waals surface area contributed by atoms with E-state index in [9.17, 15) is 9.59 Å². The van der Waals surface area contributed by atoms with E-state index in [1.54, 1.807) is 30.5 Å². The molecule has 0 spiro atoms. The number of anilines is 2. The van der Waals surface area contributed by atoms with Crippen LogP contribution in [0.4, 0.5) is 11.4 Å². The smallest absolute Gasteiger partial charge is 0.255 e. The summed E-state index contributed by atoms with van der Waals surface area (Å²) in [5.41, 5.74) is 3.47. The van der Waals surface area contributed by atoms with Crippen molar-refractivity contribution >= 4 is 23.2 Å². The van der Waals surface area contributed by atoms with Gasteiger partial charge in [0.05, 0.1) is 12.2 Å². The van der Waals surface area contributed by atoms with Gasteiger partial charge in [0.2, 0.25) is 0 Å². The quantitative estimate of drug-likeness (QED) is 0.567. The summed E-state index contributed by atoms with van der Waals surface area (Å²) in [6.07, 6.45) is 1.69. The van der Waals surface area contributed by atoms with Crippen LogP contribution in [0.5, 0.6) is 0 Å². The molecule has 160 valence electrons. The Balaban J connectivity index is 1.63. The van der Waals surface area contributed by atoms with Crippen molar-refractivity contribution in [2.45, 2.75) is 33.4 Å². The van der Waals surface area contributed by atoms with Crippen LogP contribution in [0.1, 0.15) is 47.2 Å². The Morgan fingerprint density at radius 1 is 0.935 bits per heavy atom. The van der Waals surface area contributed by atoms with Gasteiger partial charge in [0.25, 0.3) is 11.8 Å². The molecule has 3 aromatic rings. The Kier molecular flexibility index (Phi) is 7.38. The minimum Gasteiger partial charge on any atom is -0.369 e. The predicted octanol–water partition coefficient (Wildman–Crippen LogP) is 4.50. The molecule has 0 aliphatic heterocycles. The van der Waals surface area contributed by atoms with Gasteiger partial charge in [-0.1, -0.05) is 12.1 Å². The fraction of sp³-hybridized carbons (Fsp3) is 0.240. The highest BCUT2D eigenvalue weighted by Crippen LogP contribution is 2.19. The topological polar surface area (TPSA) is 74.3 Å². The molecule has 31 heavy (non-hydrogen) atoms. The number of nitrogens with zero attached hydrogens (tertiary/aromatic N) is 2. The largest absolute Gasteiger partial charge is 0.369 e. The van der Waals surface area contributed by atoms with Gasteiger partial charge in [-0.3, -0.25) is 14.6 Å². The molecule has 0 aliphatic carbocycles. The highest BCUT2D eigenvalue weighted by molar-refractivity contribution is 6.05. The average Bonchev–Trinajstić information content (AvgIpc) is 2.79. The second-order valence-corrected chi connectivity index (χ2v) is 7.47. The molecule has 0 fully saturated rings. The first kappa shape index (κ1) is 22.0. The molecule has 6 heteroatoms. The van der Waals surface area contributed by atoms with Gasteiger partial charge < -0.3 is 15.5 Å². The number of rotatable bonds is 8. The number of hydrogen-bond acceptors (Lipinski definition) is 4. The van der Waals surface area contributed by atoms with Crippen LogP contribution < -0.4 is 15.5 Å². The lowest BCUT2D eigenvalue weighted by Gasteiger charge is -2.27. The van der Waals surface area contributed by atoms with E-state index >= 15 is 0 Å². The maximum Gasteiger partial charge on any atom is 0.255 e. The summed E-state index contributed by atoms with van der Waals surface area (Å²) < 4.78 is 0. The molecular formula is C25H28N4O2. The van der Waals surface area contributed by atoms with Crippen molar-refractivity contribution in [1.82, 2.24) is 10.3 Å². The van der Waals surface area contributed by atoms with Crippen LogP contribution in [0.25, 0.3) is 0 Å². The first-order valence-electron chi connectivity index (χ1n) is 10.4. The van der Waals surface area contributed by atoms with Crippen LogP contribution in [-0.2, 0) is 6.54 Å². The summed E-state index contributed by atoms with van der Waals surface area (Å²) in [6, 6.07) is 20.4. The first-order chi connectivity index (χ1) is 15.0. The number of nitrogens with one attached hydrogen (secondary N) is 2. The molecule has 0 bridgehead atoms. The summed E-state index contributed by atoms with van der Waals surface area (Å²) >= 11 is 0. The van der Waals surface area contributed by atoms with Crippen molar-refractivity contribution in [3.8, 4) is 0 Å². The molecule has 2 amide bonds. The summed E-state index contributed by atoms with van der Waals surface area (Å²) in [5.74, 6) is -0.440. The van der Waals surface area contributed by atoms with E-state index in [4.69, 9.17) is 0 Å². The second-order valence-electron chi connectivity index (χ2n) is 7.47. The number of carbonyl (C=O) groups is 2. The van der Waals surface area contributed by atoms with Crippen molar-refractivity contribution in [3.05, 3.63) is 89.7 Å². The number of pyridine rings is 1. The van der Waals surface area contributed by atoms with Gasteiger partial charge in [0, 0.05) is 41.3 Å². The fourth-order valence-electron chi connectivity index (χ4n) is 3.37. The molecule has 3 rings (SSSR count). The zero-order valence-corrected chi connectivity index (χ0v) is 18.1. The Bertz CT molecular complexity index is 1020. The standard InChI is InChI=1S/C25H28N4O2/c1-4-29(18(2)3)23-13-11-19(12-14-23)25(31)28-21-10-7-8-20(16-21)24(30)27-17-22-9-5-6-15-26-22/h5-16,18H,4,17H2,1-3H3,(H,27,30)(H,28,31). The third kappa shape index (κ3) is 5.92. The summed E-state index contributed by atoms with van der Waals surface area (Å²) in [5, 5.41) is 5.71. The Morgan fingerprint density at radius 3 is 2.35 bits per heavy atom. The molecule has 6 nitrogen and oxygen atoms in total. The van der Waals surface area contributed by atoms with Crippen LogP contribution in [-0.4, -0.2) is 29.4 Å². The molecule has 0 radical (unpaired) electrons. The summed E-state index contributed by atoms with van der Waals surface area (Å²) in [6.45, 7) is 7.64. The van der Waals surface area contributed by atoms with Crippen molar-refractivity contribution in [2.75, 3.05) is 16.8 Å². The van der Waals surface area contributed by atoms with E-state index in [-0.39, 0.29) is 11.8 Å². The van der Waals surface area contributed by atoms with Gasteiger partial charge in [-0.05, 0) is 75.4 Å². The fourth-order valence-corrected chi connectivity index (χ4v) is 3.37. The second kappa shape index (κ2) is 10.4. The van der Waals surface area contributed by atoms with E-state index in [2.05, 4.69) is 41.3 Å². The van der Waals surface area contributed by atoms with Crippen molar-refractivity contribution < 1.29 is 9.59 Å². The van der Waals surface area contributed by atoms with Crippen LogP contribution in [0.2, 0.25) is 0 Å². The molecule has 0 saturated heterocycles. The molecule has 1 heterocycles. The van der Waals surface area contributed by atoms with E-state index in [0.717, 1.165) is 17.9 Å². The number of hydrogen-bond donors (Lipinski definition) is 2. The number of benzene rings is 2. The average molecular weight is 417 g/mol. The summed E-state index contributed by atoms with van der Waals surface area (Å²) in [7, 11) is 0. The van der Waals surface area contributed by atoms with Gasteiger partial charge >= 0.3 is 0 Å². The van der Waals surface area contributed by atoms with Gasteiger partial charge in [0.1, 0.15) is 0 Å². The van der Waals surface area contributed by atoms with Gasteiger partial charge in [-0.15, -0.1) is 0 Å². The van der Waals surface area contributed by atoms with Crippen LogP contribution in [0, 0.1) is 0 Å². The summed E-state index contributed by atoms with van der Waals surface area (Å²) in [4.78, 5) is 31.6. The molecule has 1 aromatic heterocycles. The van der Waals surface area contributed by atoms with E-state index < -0.39 is 0 Å². The third-order valence-electron chi connectivity index (χ3n) is 4.96. The lowest BCUT2D eigenvalue weighted by Crippen LogP contribution is -2.30. The normalized spacial score (nSPS) is 10.6. The lowest BCUT2D eigenvalue weighted by molar-refractivity contribution is 0.0949. The maximum atomic E-state index is 12.7. The van der Waals surface area contributed by atoms with E-state index in [1.165, 1.54) is 0 Å². The molecule has 0 atom stereocenters. The van der Waals surface area contributed by atoms with E-state index in [1.807, 2.05) is 42.5 Å². The van der Waals surface area contributed by atoms with Crippen LogP contribution >= 0.6 is 0 Å². The highest BCUT2D eigenvalue weighted by Gasteiger charge is 2.12. The number of amides is 2. The zero-order valence-electron chi connectivity index (χ0n) is 18.1. The van der Waals surface area contributed by atoms with Gasteiger partial charge in [-0.2, -0.15) is 0 Å². The lowest BCUT2D eigenvalue weighted by atomic mass is 10.1. The molecule has 2 N–H and O–H groups in total. The maximum absolute atomic E-state index is 12.7. The zero-order chi connectivity index (χ0) is 22.2. The SMILES string of the molecule is CCN(c1ccc(C(=O)Nc2cccc(C(=O)NCc3ccccn3)c2)cc1)C(C)C. The van der Waals surface area contributed by atoms with Crippen molar-refractivity contribution in [1.29, 1.82) is 0 Å². The Morgan fingerprint density at radius 2 is 1.71 bits per heavy atom. The minimum absolute atomic E-state index is 0.217. The molecule has 0 saturated carbocycles. The number of carbonyl (C=O) groups excluding carboxylic acids is 2. The van der Waals surface area contributed by atoms with Crippen molar-refractivity contribution in [3.63, 3.8) is 0 Å². The minimum atomic E-state index is -0.223. The molecular weight excluding hydrogens is 388 g/mol. The Hall–Kier alpha value is -3.67. The number of aromatic nitrogens is 1. The Labute approximate surface area is 183 Å². The highest BCUT2D eigenvalue weighted by atomic mass is 16.2. The monoisotopic (exact) mass is 416 g/mol. The van der Waals surface area contributed by atoms with Gasteiger partial charge in [-0.25, -0.2) is 0 Å². The first-order valence-corrected chi connectivity index (χ1v) is 10.4.